The summed E-state index contributed by atoms with van der Waals surface area (Å²) < 4.78 is 0. The maximum absolute atomic E-state index is 11.9. The third-order valence-corrected chi connectivity index (χ3v) is 4.37. The van der Waals surface area contributed by atoms with Gasteiger partial charge in [0.2, 0.25) is 16.9 Å². The number of anilines is 1. The van der Waals surface area contributed by atoms with E-state index in [1.54, 1.807) is 12.4 Å². The van der Waals surface area contributed by atoms with Crippen LogP contribution in [0, 0.1) is 0 Å². The Morgan fingerprint density at radius 1 is 1.17 bits per heavy atom. The molecule has 0 saturated carbocycles. The zero-order valence-electron chi connectivity index (χ0n) is 14.0. The zero-order valence-corrected chi connectivity index (χ0v) is 14.8. The van der Waals surface area contributed by atoms with Crippen molar-refractivity contribution in [2.75, 3.05) is 5.32 Å². The lowest BCUT2D eigenvalue weighted by atomic mass is 9.98. The molecule has 2 amide bonds. The largest absolute Gasteiger partial charge is 0.352 e. The minimum absolute atomic E-state index is 0.101. The van der Waals surface area contributed by atoms with Gasteiger partial charge in [0, 0.05) is 37.2 Å². The molecule has 2 heterocycles. The molecule has 128 valence electrons. The lowest BCUT2D eigenvalue weighted by Gasteiger charge is -2.12. The molecule has 0 spiro atoms. The third kappa shape index (κ3) is 5.69. The molecule has 8 heteroatoms. The number of hydrogen-bond donors (Lipinski definition) is 2. The lowest BCUT2D eigenvalue weighted by molar-refractivity contribution is -0.124. The molecule has 0 fully saturated rings. The first kappa shape index (κ1) is 18.0. The van der Waals surface area contributed by atoms with E-state index in [1.165, 1.54) is 11.3 Å². The molecule has 0 atom stereocenters. The van der Waals surface area contributed by atoms with E-state index in [0.717, 1.165) is 10.6 Å². The molecule has 2 aromatic heterocycles. The topological polar surface area (TPSA) is 96.9 Å². The summed E-state index contributed by atoms with van der Waals surface area (Å²) in [5.74, 6) is -0.426. The van der Waals surface area contributed by atoms with Gasteiger partial charge in [-0.2, -0.15) is 0 Å². The van der Waals surface area contributed by atoms with Crippen molar-refractivity contribution in [1.82, 2.24) is 20.5 Å². The van der Waals surface area contributed by atoms with Crippen LogP contribution in [0.2, 0.25) is 0 Å². The van der Waals surface area contributed by atoms with Gasteiger partial charge < -0.3 is 10.6 Å². The van der Waals surface area contributed by atoms with Crippen LogP contribution < -0.4 is 10.6 Å². The van der Waals surface area contributed by atoms with Gasteiger partial charge in [0.1, 0.15) is 5.01 Å². The average Bonchev–Trinajstić information content (AvgIpc) is 3.00. The normalized spacial score (nSPS) is 11.1. The zero-order chi connectivity index (χ0) is 17.6. The molecule has 2 rings (SSSR count). The van der Waals surface area contributed by atoms with E-state index < -0.39 is 0 Å². The summed E-state index contributed by atoms with van der Waals surface area (Å²) in [5.41, 5.74) is 0.811. The van der Waals surface area contributed by atoms with Gasteiger partial charge in [-0.3, -0.25) is 14.6 Å². The number of hydrogen-bond acceptors (Lipinski definition) is 6. The molecule has 0 aliphatic rings. The second-order valence-electron chi connectivity index (χ2n) is 6.35. The third-order valence-electron chi connectivity index (χ3n) is 3.10. The highest BCUT2D eigenvalue weighted by Crippen LogP contribution is 2.27. The maximum Gasteiger partial charge on any atom is 0.226 e. The van der Waals surface area contributed by atoms with Gasteiger partial charge in [0.15, 0.2) is 0 Å². The molecule has 0 aromatic carbocycles. The van der Waals surface area contributed by atoms with Crippen molar-refractivity contribution in [2.24, 2.45) is 0 Å². The first-order valence-corrected chi connectivity index (χ1v) is 8.45. The molecule has 0 bridgehead atoms. The minimum Gasteiger partial charge on any atom is -0.352 e. The van der Waals surface area contributed by atoms with Crippen molar-refractivity contribution in [2.45, 2.75) is 45.6 Å². The predicted molar refractivity (Wildman–Crippen MR) is 92.6 cm³/mol. The Morgan fingerprint density at radius 2 is 1.92 bits per heavy atom. The molecule has 7 nitrogen and oxygen atoms in total. The van der Waals surface area contributed by atoms with Crippen LogP contribution >= 0.6 is 11.3 Å². The van der Waals surface area contributed by atoms with Gasteiger partial charge in [-0.15, -0.1) is 10.2 Å². The molecule has 2 N–H and O–H groups in total. The summed E-state index contributed by atoms with van der Waals surface area (Å²) in [6.07, 6.45) is 3.59. The smallest absolute Gasteiger partial charge is 0.226 e. The maximum atomic E-state index is 11.9. The number of pyridine rings is 1. The van der Waals surface area contributed by atoms with Crippen LogP contribution in [0.4, 0.5) is 5.13 Å². The van der Waals surface area contributed by atoms with Gasteiger partial charge in [0.25, 0.3) is 0 Å². The fourth-order valence-corrected chi connectivity index (χ4v) is 2.59. The minimum atomic E-state index is -0.247. The molecule has 0 radical (unpaired) electrons. The van der Waals surface area contributed by atoms with Crippen LogP contribution in [0.5, 0.6) is 0 Å². The van der Waals surface area contributed by atoms with Crippen LogP contribution in [0.1, 0.15) is 44.2 Å². The van der Waals surface area contributed by atoms with E-state index in [1.807, 2.05) is 32.9 Å². The lowest BCUT2D eigenvalue weighted by Crippen LogP contribution is -2.24. The van der Waals surface area contributed by atoms with E-state index in [4.69, 9.17) is 0 Å². The molecule has 0 aliphatic carbocycles. The van der Waals surface area contributed by atoms with E-state index in [2.05, 4.69) is 25.8 Å². The molecule has 0 unspecified atom stereocenters. The summed E-state index contributed by atoms with van der Waals surface area (Å²) in [4.78, 5) is 27.6. The number of rotatable bonds is 6. The fourth-order valence-electron chi connectivity index (χ4n) is 1.78. The van der Waals surface area contributed by atoms with Gasteiger partial charge >= 0.3 is 0 Å². The van der Waals surface area contributed by atoms with E-state index >= 15 is 0 Å². The summed E-state index contributed by atoms with van der Waals surface area (Å²) >= 11 is 1.35. The SMILES string of the molecule is CC(C)(C)c1nnc(NC(=O)CCC(=O)NCc2cccnc2)s1. The van der Waals surface area contributed by atoms with Crippen molar-refractivity contribution in [3.05, 3.63) is 35.1 Å². The molecular formula is C16H21N5O2S. The standard InChI is InChI=1S/C16H21N5O2S/c1-16(2,3)14-20-21-15(24-14)19-13(23)7-6-12(22)18-10-11-5-4-8-17-9-11/h4-5,8-9H,6-7,10H2,1-3H3,(H,18,22)(H,19,21,23). The second-order valence-corrected chi connectivity index (χ2v) is 7.33. The van der Waals surface area contributed by atoms with Crippen LogP contribution in [0.25, 0.3) is 0 Å². The monoisotopic (exact) mass is 347 g/mol. The van der Waals surface area contributed by atoms with E-state index in [-0.39, 0.29) is 30.1 Å². The molecule has 0 aliphatic heterocycles. The molecule has 0 saturated heterocycles. The first-order valence-electron chi connectivity index (χ1n) is 7.64. The van der Waals surface area contributed by atoms with Gasteiger partial charge in [-0.25, -0.2) is 0 Å². The van der Waals surface area contributed by atoms with Crippen molar-refractivity contribution in [3.8, 4) is 0 Å². The molecular weight excluding hydrogens is 326 g/mol. The Balaban J connectivity index is 1.72. The Labute approximate surface area is 144 Å². The molecule has 24 heavy (non-hydrogen) atoms. The van der Waals surface area contributed by atoms with E-state index in [9.17, 15) is 9.59 Å². The number of aromatic nitrogens is 3. The van der Waals surface area contributed by atoms with Gasteiger partial charge in [-0.05, 0) is 11.6 Å². The highest BCUT2D eigenvalue weighted by atomic mass is 32.1. The Bertz CT molecular complexity index is 694. The Hall–Kier alpha value is -2.35. The fraction of sp³-hybridized carbons (Fsp3) is 0.438. The summed E-state index contributed by atoms with van der Waals surface area (Å²) in [6, 6.07) is 3.69. The first-order chi connectivity index (χ1) is 11.3. The van der Waals surface area contributed by atoms with Crippen molar-refractivity contribution in [3.63, 3.8) is 0 Å². The predicted octanol–water partition coefficient (Wildman–Crippen LogP) is 2.27. The Kier molecular flexibility index (Phi) is 5.97. The van der Waals surface area contributed by atoms with Crippen molar-refractivity contribution >= 4 is 28.3 Å². The number of amides is 2. The Morgan fingerprint density at radius 3 is 2.54 bits per heavy atom. The van der Waals surface area contributed by atoms with Crippen molar-refractivity contribution < 1.29 is 9.59 Å². The van der Waals surface area contributed by atoms with Crippen molar-refractivity contribution in [1.29, 1.82) is 0 Å². The highest BCUT2D eigenvalue weighted by molar-refractivity contribution is 7.15. The molecule has 2 aromatic rings. The average molecular weight is 347 g/mol. The van der Waals surface area contributed by atoms with Gasteiger partial charge in [0.05, 0.1) is 0 Å². The number of carbonyl (C=O) groups is 2. The van der Waals surface area contributed by atoms with Crippen LogP contribution in [-0.2, 0) is 21.5 Å². The summed E-state index contributed by atoms with van der Waals surface area (Å²) in [5, 5.41) is 14.8. The van der Waals surface area contributed by atoms with E-state index in [0.29, 0.717) is 11.7 Å². The second kappa shape index (κ2) is 7.96. The van der Waals surface area contributed by atoms with Gasteiger partial charge in [-0.1, -0.05) is 38.2 Å². The highest BCUT2D eigenvalue weighted by Gasteiger charge is 2.20. The van der Waals surface area contributed by atoms with Crippen LogP contribution in [-0.4, -0.2) is 27.0 Å². The number of nitrogens with zero attached hydrogens (tertiary/aromatic N) is 3. The number of carbonyl (C=O) groups excluding carboxylic acids is 2. The quantitative estimate of drug-likeness (QED) is 0.835. The van der Waals surface area contributed by atoms with Crippen LogP contribution in [0.3, 0.4) is 0 Å². The summed E-state index contributed by atoms with van der Waals surface area (Å²) in [7, 11) is 0. The number of nitrogens with one attached hydrogen (secondary N) is 2. The van der Waals surface area contributed by atoms with Crippen LogP contribution in [0.15, 0.2) is 24.5 Å². The summed E-state index contributed by atoms with van der Waals surface area (Å²) in [6.45, 7) is 6.50.